The van der Waals surface area contributed by atoms with E-state index in [2.05, 4.69) is 27.8 Å². The zero-order valence-corrected chi connectivity index (χ0v) is 21.3. The monoisotopic (exact) mass is 534 g/mol. The van der Waals surface area contributed by atoms with Crippen molar-refractivity contribution in [2.75, 3.05) is 35.2 Å². The highest BCUT2D eigenvalue weighted by atomic mass is 19.4. The lowest BCUT2D eigenvalue weighted by molar-refractivity contribution is -0.137. The maximum Gasteiger partial charge on any atom is 0.416 e. The van der Waals surface area contributed by atoms with Crippen LogP contribution in [0, 0.1) is 0 Å². The lowest BCUT2D eigenvalue weighted by Crippen LogP contribution is -2.36. The van der Waals surface area contributed by atoms with Crippen LogP contribution in [0.3, 0.4) is 0 Å². The number of benzene rings is 2. The van der Waals surface area contributed by atoms with Gasteiger partial charge in [-0.15, -0.1) is 0 Å². The normalized spacial score (nSPS) is 14.9. The van der Waals surface area contributed by atoms with Gasteiger partial charge in [0.25, 0.3) is 0 Å². The number of allylic oxidation sites excluding steroid dienone is 4. The van der Waals surface area contributed by atoms with E-state index in [1.807, 2.05) is 24.3 Å². The minimum absolute atomic E-state index is 0.104. The third kappa shape index (κ3) is 5.98. The molecule has 0 radical (unpaired) electrons. The summed E-state index contributed by atoms with van der Waals surface area (Å²) >= 11 is 0. The number of hydrogen-bond acceptors (Lipinski definition) is 4. The van der Waals surface area contributed by atoms with E-state index >= 15 is 0 Å². The lowest BCUT2D eigenvalue weighted by Gasteiger charge is -2.23. The van der Waals surface area contributed by atoms with E-state index < -0.39 is 11.7 Å². The van der Waals surface area contributed by atoms with Gasteiger partial charge >= 0.3 is 12.2 Å². The van der Waals surface area contributed by atoms with Crippen LogP contribution in [-0.4, -0.2) is 35.8 Å². The predicted molar refractivity (Wildman–Crippen MR) is 148 cm³/mol. The standard InChI is InChI=1S/C30H29F3N4O2/c31-30(32,33)23-10-3-8-22(18-23)26-13-14-27-28(36-26)37(16-5-15-34-27)29(39)35-24-12-11-21(9-4-17-38)25(19-24)20-6-1-2-7-20/h1-3,6,8,10-14,18-19,34,38H,4-5,7,9,15-17H2,(H,35,39). The van der Waals surface area contributed by atoms with Crippen molar-refractivity contribution in [3.63, 3.8) is 0 Å². The molecule has 1 aliphatic carbocycles. The Balaban J connectivity index is 1.44. The van der Waals surface area contributed by atoms with Gasteiger partial charge in [-0.1, -0.05) is 36.4 Å². The van der Waals surface area contributed by atoms with Crippen molar-refractivity contribution >= 4 is 28.8 Å². The van der Waals surface area contributed by atoms with Crippen LogP contribution < -0.4 is 15.5 Å². The fraction of sp³-hybridized carbons (Fsp3) is 0.267. The van der Waals surface area contributed by atoms with Gasteiger partial charge in [0.1, 0.15) is 0 Å². The Bertz CT molecular complexity index is 1430. The summed E-state index contributed by atoms with van der Waals surface area (Å²) < 4.78 is 39.9. The van der Waals surface area contributed by atoms with Crippen molar-refractivity contribution in [1.29, 1.82) is 0 Å². The molecule has 0 saturated heterocycles. The third-order valence-electron chi connectivity index (χ3n) is 6.82. The molecule has 9 heteroatoms. The van der Waals surface area contributed by atoms with Crippen LogP contribution in [0.2, 0.25) is 0 Å². The molecule has 3 aromatic rings. The number of urea groups is 1. The Morgan fingerprint density at radius 3 is 2.77 bits per heavy atom. The summed E-state index contributed by atoms with van der Waals surface area (Å²) in [6.07, 6.45) is 4.52. The molecule has 39 heavy (non-hydrogen) atoms. The first-order valence-corrected chi connectivity index (χ1v) is 12.9. The Morgan fingerprint density at radius 2 is 2.00 bits per heavy atom. The third-order valence-corrected chi connectivity index (χ3v) is 6.82. The molecule has 2 aliphatic rings. The zero-order chi connectivity index (χ0) is 27.4. The van der Waals surface area contributed by atoms with Gasteiger partial charge in [-0.2, -0.15) is 13.2 Å². The minimum atomic E-state index is -4.47. The fourth-order valence-corrected chi connectivity index (χ4v) is 4.85. The summed E-state index contributed by atoms with van der Waals surface area (Å²) in [5, 5.41) is 15.5. The summed E-state index contributed by atoms with van der Waals surface area (Å²) in [4.78, 5) is 19.7. The van der Waals surface area contributed by atoms with E-state index in [0.29, 0.717) is 54.4 Å². The first-order chi connectivity index (χ1) is 18.8. The number of aryl methyl sites for hydroxylation is 1. The number of carbonyl (C=O) groups excluding carboxylic acids is 1. The number of carbonyl (C=O) groups is 1. The summed E-state index contributed by atoms with van der Waals surface area (Å²) in [6.45, 7) is 1.13. The van der Waals surface area contributed by atoms with Crippen LogP contribution in [0.5, 0.6) is 0 Å². The lowest BCUT2D eigenvalue weighted by atomic mass is 9.95. The number of aliphatic hydroxyl groups is 1. The van der Waals surface area contributed by atoms with Gasteiger partial charge in [-0.3, -0.25) is 4.90 Å². The molecular formula is C30H29F3N4O2. The Kier molecular flexibility index (Phi) is 7.70. The van der Waals surface area contributed by atoms with E-state index in [1.54, 1.807) is 18.2 Å². The molecule has 0 fully saturated rings. The second kappa shape index (κ2) is 11.3. The highest BCUT2D eigenvalue weighted by Crippen LogP contribution is 2.35. The number of aromatic nitrogens is 1. The molecule has 2 aromatic carbocycles. The summed E-state index contributed by atoms with van der Waals surface area (Å²) in [5.41, 5.74) is 4.47. The number of rotatable bonds is 6. The van der Waals surface area contributed by atoms with Gasteiger partial charge in [-0.05, 0) is 78.8 Å². The van der Waals surface area contributed by atoms with Gasteiger partial charge in [0.15, 0.2) is 5.82 Å². The first-order valence-electron chi connectivity index (χ1n) is 12.9. The summed E-state index contributed by atoms with van der Waals surface area (Å²) in [5.74, 6) is 0.363. The number of aliphatic hydroxyl groups excluding tert-OH is 1. The van der Waals surface area contributed by atoms with Crippen molar-refractivity contribution < 1.29 is 23.1 Å². The van der Waals surface area contributed by atoms with Crippen molar-refractivity contribution in [1.82, 2.24) is 4.98 Å². The zero-order valence-electron chi connectivity index (χ0n) is 21.3. The van der Waals surface area contributed by atoms with Crippen molar-refractivity contribution in [3.8, 4) is 11.3 Å². The number of fused-ring (bicyclic) bond motifs is 1. The van der Waals surface area contributed by atoms with Gasteiger partial charge in [0, 0.05) is 30.9 Å². The molecule has 0 spiro atoms. The van der Waals surface area contributed by atoms with E-state index in [1.165, 1.54) is 11.0 Å². The van der Waals surface area contributed by atoms with Crippen molar-refractivity contribution in [3.05, 3.63) is 89.5 Å². The summed E-state index contributed by atoms with van der Waals surface area (Å²) in [7, 11) is 0. The molecule has 0 saturated carbocycles. The maximum absolute atomic E-state index is 13.5. The average molecular weight is 535 g/mol. The first kappa shape index (κ1) is 26.5. The van der Waals surface area contributed by atoms with Crippen LogP contribution in [0.15, 0.2) is 72.8 Å². The highest BCUT2D eigenvalue weighted by Gasteiger charge is 2.31. The van der Waals surface area contributed by atoms with E-state index in [9.17, 15) is 23.1 Å². The van der Waals surface area contributed by atoms with E-state index in [0.717, 1.165) is 41.7 Å². The average Bonchev–Trinajstić information content (AvgIpc) is 3.38. The molecule has 2 amide bonds. The molecule has 0 unspecified atom stereocenters. The molecule has 1 aliphatic heterocycles. The van der Waals surface area contributed by atoms with Gasteiger partial charge < -0.3 is 15.7 Å². The fourth-order valence-electron chi connectivity index (χ4n) is 4.85. The van der Waals surface area contributed by atoms with Gasteiger partial charge in [0.2, 0.25) is 0 Å². The smallest absolute Gasteiger partial charge is 0.396 e. The number of nitrogens with zero attached hydrogens (tertiary/aromatic N) is 2. The number of nitrogens with one attached hydrogen (secondary N) is 2. The van der Waals surface area contributed by atoms with Crippen molar-refractivity contribution in [2.24, 2.45) is 0 Å². The molecule has 6 nitrogen and oxygen atoms in total. The number of anilines is 3. The number of alkyl halides is 3. The number of amides is 2. The second-order valence-corrected chi connectivity index (χ2v) is 9.53. The highest BCUT2D eigenvalue weighted by molar-refractivity contribution is 6.03. The molecule has 3 N–H and O–H groups in total. The predicted octanol–water partition coefficient (Wildman–Crippen LogP) is 6.89. The summed E-state index contributed by atoms with van der Waals surface area (Å²) in [6, 6.07) is 13.8. The Hall–Kier alpha value is -4.11. The molecule has 202 valence electrons. The van der Waals surface area contributed by atoms with E-state index in [4.69, 9.17) is 0 Å². The second-order valence-electron chi connectivity index (χ2n) is 9.53. The Morgan fingerprint density at radius 1 is 1.13 bits per heavy atom. The molecule has 0 bridgehead atoms. The molecule has 5 rings (SSSR count). The number of halogens is 3. The van der Waals surface area contributed by atoms with Crippen LogP contribution in [0.25, 0.3) is 16.8 Å². The van der Waals surface area contributed by atoms with Crippen LogP contribution in [0.1, 0.15) is 36.0 Å². The number of pyridine rings is 1. The molecule has 1 aromatic heterocycles. The van der Waals surface area contributed by atoms with Crippen LogP contribution >= 0.6 is 0 Å². The minimum Gasteiger partial charge on any atom is -0.396 e. The quantitative estimate of drug-likeness (QED) is 0.322. The maximum atomic E-state index is 13.5. The van der Waals surface area contributed by atoms with Crippen LogP contribution in [-0.2, 0) is 12.6 Å². The molecule has 0 atom stereocenters. The van der Waals surface area contributed by atoms with E-state index in [-0.39, 0.29) is 12.6 Å². The Labute approximate surface area is 224 Å². The topological polar surface area (TPSA) is 77.5 Å². The largest absolute Gasteiger partial charge is 0.416 e. The number of hydrogen-bond donors (Lipinski definition) is 3. The van der Waals surface area contributed by atoms with Crippen molar-refractivity contribution in [2.45, 2.75) is 31.9 Å². The molecule has 2 heterocycles. The SMILES string of the molecule is O=C(Nc1ccc(CCCO)c(C2=CC=CC2)c1)N1CCCNc2ccc(-c3cccc(C(F)(F)F)c3)nc21. The van der Waals surface area contributed by atoms with Crippen LogP contribution in [0.4, 0.5) is 35.2 Å². The molecular weight excluding hydrogens is 505 g/mol. The van der Waals surface area contributed by atoms with Gasteiger partial charge in [0.05, 0.1) is 16.9 Å². The van der Waals surface area contributed by atoms with Gasteiger partial charge in [-0.25, -0.2) is 9.78 Å².